The van der Waals surface area contributed by atoms with Crippen molar-refractivity contribution >= 4 is 15.9 Å². The van der Waals surface area contributed by atoms with E-state index >= 15 is 0 Å². The van der Waals surface area contributed by atoms with Crippen LogP contribution in [-0.4, -0.2) is 44.9 Å². The molecule has 6 nitrogen and oxygen atoms in total. The van der Waals surface area contributed by atoms with E-state index in [2.05, 4.69) is 5.32 Å². The molecule has 3 rings (SSSR count). The third kappa shape index (κ3) is 5.36. The first kappa shape index (κ1) is 21.3. The number of hydrogen-bond donors (Lipinski definition) is 1. The van der Waals surface area contributed by atoms with Gasteiger partial charge in [-0.2, -0.15) is 4.31 Å². The molecule has 0 aromatic heterocycles. The Morgan fingerprint density at radius 2 is 1.72 bits per heavy atom. The summed E-state index contributed by atoms with van der Waals surface area (Å²) >= 11 is 0. The molecule has 0 saturated carbocycles. The van der Waals surface area contributed by atoms with Crippen LogP contribution in [0.5, 0.6) is 5.75 Å². The minimum absolute atomic E-state index is 0.130. The van der Waals surface area contributed by atoms with Crippen molar-refractivity contribution in [2.24, 2.45) is 0 Å². The number of ether oxygens (including phenoxy) is 1. The van der Waals surface area contributed by atoms with E-state index in [-0.39, 0.29) is 10.8 Å². The van der Waals surface area contributed by atoms with Crippen LogP contribution in [0.25, 0.3) is 0 Å². The fourth-order valence-electron chi connectivity index (χ4n) is 3.46. The van der Waals surface area contributed by atoms with E-state index in [1.165, 1.54) is 0 Å². The van der Waals surface area contributed by atoms with Gasteiger partial charge in [0, 0.05) is 18.7 Å². The first-order valence-corrected chi connectivity index (χ1v) is 11.4. The quantitative estimate of drug-likeness (QED) is 0.703. The van der Waals surface area contributed by atoms with Gasteiger partial charge in [0.2, 0.25) is 10.0 Å². The number of sulfonamides is 1. The molecule has 2 aromatic rings. The normalized spacial score (nSPS) is 15.1. The minimum atomic E-state index is -3.43. The monoisotopic (exact) mass is 416 g/mol. The van der Waals surface area contributed by atoms with E-state index in [1.54, 1.807) is 28.6 Å². The molecule has 1 N–H and O–H groups in total. The zero-order chi connectivity index (χ0) is 20.9. The number of nitrogens with one attached hydrogen (secondary N) is 1. The molecule has 0 unspecified atom stereocenters. The molecule has 1 fully saturated rings. The Labute approximate surface area is 172 Å². The first-order chi connectivity index (χ1) is 13.9. The van der Waals surface area contributed by atoms with Crippen LogP contribution in [0.1, 0.15) is 40.7 Å². The van der Waals surface area contributed by atoms with Crippen molar-refractivity contribution < 1.29 is 17.9 Å². The Bertz CT molecular complexity index is 949. The second-order valence-electron chi connectivity index (χ2n) is 7.36. The summed E-state index contributed by atoms with van der Waals surface area (Å²) in [7, 11) is -3.43. The Morgan fingerprint density at radius 3 is 2.38 bits per heavy atom. The third-order valence-corrected chi connectivity index (χ3v) is 6.97. The molecule has 1 amide bonds. The number of amides is 1. The van der Waals surface area contributed by atoms with Crippen molar-refractivity contribution in [2.45, 2.75) is 38.0 Å². The van der Waals surface area contributed by atoms with Gasteiger partial charge in [0.25, 0.3) is 5.91 Å². The summed E-state index contributed by atoms with van der Waals surface area (Å²) in [4.78, 5) is 12.5. The largest absolute Gasteiger partial charge is 0.492 e. The number of piperidine rings is 1. The van der Waals surface area contributed by atoms with Crippen LogP contribution < -0.4 is 10.1 Å². The van der Waals surface area contributed by atoms with Crippen molar-refractivity contribution in [3.8, 4) is 5.75 Å². The molecule has 29 heavy (non-hydrogen) atoms. The third-order valence-electron chi connectivity index (χ3n) is 5.06. The molecule has 0 aliphatic carbocycles. The van der Waals surface area contributed by atoms with Gasteiger partial charge in [-0.05, 0) is 62.6 Å². The van der Waals surface area contributed by atoms with Gasteiger partial charge in [-0.15, -0.1) is 0 Å². The number of nitrogens with zero attached hydrogens (tertiary/aromatic N) is 1. The van der Waals surface area contributed by atoms with Crippen LogP contribution in [0.15, 0.2) is 47.4 Å². The summed E-state index contributed by atoms with van der Waals surface area (Å²) in [6, 6.07) is 12.2. The zero-order valence-corrected chi connectivity index (χ0v) is 17.8. The van der Waals surface area contributed by atoms with E-state index in [4.69, 9.17) is 4.74 Å². The van der Waals surface area contributed by atoms with Gasteiger partial charge in [0.05, 0.1) is 11.4 Å². The number of carbonyl (C=O) groups is 1. The fraction of sp³-hybridized carbons (Fsp3) is 0.409. The van der Waals surface area contributed by atoms with Gasteiger partial charge in [-0.3, -0.25) is 4.79 Å². The number of rotatable bonds is 7. The van der Waals surface area contributed by atoms with Gasteiger partial charge >= 0.3 is 0 Å². The highest BCUT2D eigenvalue weighted by Gasteiger charge is 2.25. The van der Waals surface area contributed by atoms with Gasteiger partial charge in [0.15, 0.2) is 0 Å². The number of aryl methyl sites for hydroxylation is 2. The topological polar surface area (TPSA) is 75.7 Å². The minimum Gasteiger partial charge on any atom is -0.492 e. The van der Waals surface area contributed by atoms with Crippen LogP contribution in [0.2, 0.25) is 0 Å². The van der Waals surface area contributed by atoms with Crippen molar-refractivity contribution in [3.63, 3.8) is 0 Å². The highest BCUT2D eigenvalue weighted by Crippen LogP contribution is 2.22. The maximum atomic E-state index is 12.7. The molecule has 0 atom stereocenters. The van der Waals surface area contributed by atoms with Crippen molar-refractivity contribution in [1.82, 2.24) is 9.62 Å². The Morgan fingerprint density at radius 1 is 1.03 bits per heavy atom. The average Bonchev–Trinajstić information content (AvgIpc) is 2.72. The standard InChI is InChI=1S/C22H28N2O4S/c1-17-6-11-21(18(2)16-17)22(25)23-12-15-28-19-7-9-20(10-8-19)29(26,27)24-13-4-3-5-14-24/h6-11,16H,3-5,12-15H2,1-2H3,(H,23,25). The Kier molecular flexibility index (Phi) is 6.92. The summed E-state index contributed by atoms with van der Waals surface area (Å²) in [5.74, 6) is 0.442. The summed E-state index contributed by atoms with van der Waals surface area (Å²) < 4.78 is 32.5. The maximum Gasteiger partial charge on any atom is 0.251 e. The SMILES string of the molecule is Cc1ccc(C(=O)NCCOc2ccc(S(=O)(=O)N3CCCCC3)cc2)c(C)c1. The van der Waals surface area contributed by atoms with Gasteiger partial charge < -0.3 is 10.1 Å². The lowest BCUT2D eigenvalue weighted by molar-refractivity contribution is 0.0946. The van der Waals surface area contributed by atoms with Crippen molar-refractivity contribution in [1.29, 1.82) is 0 Å². The molecule has 0 spiro atoms. The second kappa shape index (κ2) is 9.41. The maximum absolute atomic E-state index is 12.7. The van der Waals surface area contributed by atoms with Crippen LogP contribution in [0, 0.1) is 13.8 Å². The van der Waals surface area contributed by atoms with Gasteiger partial charge in [-0.1, -0.05) is 24.1 Å². The predicted molar refractivity (Wildman–Crippen MR) is 113 cm³/mol. The van der Waals surface area contributed by atoms with E-state index in [9.17, 15) is 13.2 Å². The van der Waals surface area contributed by atoms with E-state index in [0.717, 1.165) is 30.4 Å². The molecular formula is C22H28N2O4S. The fourth-order valence-corrected chi connectivity index (χ4v) is 4.98. The summed E-state index contributed by atoms with van der Waals surface area (Å²) in [6.07, 6.45) is 2.90. The lowest BCUT2D eigenvalue weighted by atomic mass is 10.1. The van der Waals surface area contributed by atoms with E-state index < -0.39 is 10.0 Å². The van der Waals surface area contributed by atoms with Crippen LogP contribution in [-0.2, 0) is 10.0 Å². The van der Waals surface area contributed by atoms with Crippen LogP contribution >= 0.6 is 0 Å². The molecule has 1 aliphatic rings. The number of carbonyl (C=O) groups excluding carboxylic acids is 1. The lowest BCUT2D eigenvalue weighted by Gasteiger charge is -2.25. The molecule has 1 heterocycles. The van der Waals surface area contributed by atoms with E-state index in [1.807, 2.05) is 32.0 Å². The molecule has 7 heteroatoms. The highest BCUT2D eigenvalue weighted by molar-refractivity contribution is 7.89. The summed E-state index contributed by atoms with van der Waals surface area (Å²) in [6.45, 7) is 5.74. The molecule has 1 saturated heterocycles. The smallest absolute Gasteiger partial charge is 0.251 e. The molecule has 0 bridgehead atoms. The molecule has 156 valence electrons. The molecule has 2 aromatic carbocycles. The lowest BCUT2D eigenvalue weighted by Crippen LogP contribution is -2.35. The first-order valence-electron chi connectivity index (χ1n) is 9.96. The highest BCUT2D eigenvalue weighted by atomic mass is 32.2. The van der Waals surface area contributed by atoms with Crippen LogP contribution in [0.4, 0.5) is 0 Å². The van der Waals surface area contributed by atoms with Crippen LogP contribution in [0.3, 0.4) is 0 Å². The number of hydrogen-bond acceptors (Lipinski definition) is 4. The van der Waals surface area contributed by atoms with Crippen molar-refractivity contribution in [3.05, 3.63) is 59.2 Å². The second-order valence-corrected chi connectivity index (χ2v) is 9.30. The van der Waals surface area contributed by atoms with Crippen molar-refractivity contribution in [2.75, 3.05) is 26.2 Å². The van der Waals surface area contributed by atoms with Gasteiger partial charge in [-0.25, -0.2) is 8.42 Å². The molecule has 1 aliphatic heterocycles. The molecular weight excluding hydrogens is 388 g/mol. The summed E-state index contributed by atoms with van der Waals surface area (Å²) in [5, 5.41) is 2.84. The summed E-state index contributed by atoms with van der Waals surface area (Å²) in [5.41, 5.74) is 2.71. The Hall–Kier alpha value is -2.38. The molecule has 0 radical (unpaired) electrons. The average molecular weight is 417 g/mol. The Balaban J connectivity index is 1.49. The zero-order valence-electron chi connectivity index (χ0n) is 17.0. The number of benzene rings is 2. The predicted octanol–water partition coefficient (Wildman–Crippen LogP) is 3.29. The van der Waals surface area contributed by atoms with E-state index in [0.29, 0.717) is 37.6 Å². The van der Waals surface area contributed by atoms with Gasteiger partial charge in [0.1, 0.15) is 12.4 Å².